The summed E-state index contributed by atoms with van der Waals surface area (Å²) in [7, 11) is 0. The van der Waals surface area contributed by atoms with Crippen LogP contribution in [-0.2, 0) is 4.79 Å². The molecule has 2 aliphatic heterocycles. The lowest BCUT2D eigenvalue weighted by Crippen LogP contribution is -2.39. The van der Waals surface area contributed by atoms with E-state index in [9.17, 15) is 4.79 Å². The van der Waals surface area contributed by atoms with E-state index >= 15 is 0 Å². The first-order valence-corrected chi connectivity index (χ1v) is 6.90. The largest absolute Gasteiger partial charge is 0.338 e. The van der Waals surface area contributed by atoms with Gasteiger partial charge in [0.2, 0.25) is 11.8 Å². The summed E-state index contributed by atoms with van der Waals surface area (Å²) >= 11 is 0. The zero-order chi connectivity index (χ0) is 13.2. The molecular weight excluding hydrogens is 244 g/mol. The fraction of sp³-hybridized carbons (Fsp3) is 0.692. The number of carbonyl (C=O) groups excluding carboxylic acids is 1. The van der Waals surface area contributed by atoms with Crippen molar-refractivity contribution in [3.05, 3.63) is 11.8 Å². The van der Waals surface area contributed by atoms with Crippen LogP contribution in [0.3, 0.4) is 0 Å². The van der Waals surface area contributed by atoms with Crippen LogP contribution in [0.25, 0.3) is 0 Å². The van der Waals surface area contributed by atoms with E-state index in [-0.39, 0.29) is 5.91 Å². The van der Waals surface area contributed by atoms with Crippen molar-refractivity contribution in [2.45, 2.75) is 38.3 Å². The van der Waals surface area contributed by atoms with Gasteiger partial charge < -0.3 is 9.84 Å². The molecule has 2 fully saturated rings. The Balaban J connectivity index is 1.51. The molecule has 2 unspecified atom stereocenters. The van der Waals surface area contributed by atoms with Crippen LogP contribution in [0, 0.1) is 6.92 Å². The summed E-state index contributed by atoms with van der Waals surface area (Å²) in [5, 5.41) is 10.1. The number of rotatable bonds is 3. The minimum atomic E-state index is -0.0334. The highest BCUT2D eigenvalue weighted by Gasteiger charge is 2.29. The molecule has 0 spiro atoms. The summed E-state index contributed by atoms with van der Waals surface area (Å²) in [5.74, 6) is 0.394. The second kappa shape index (κ2) is 5.30. The molecule has 6 heteroatoms. The minimum absolute atomic E-state index is 0.0334. The average molecular weight is 264 g/mol. The smallest absolute Gasteiger partial charge is 0.240 e. The van der Waals surface area contributed by atoms with Crippen LogP contribution in [0.5, 0.6) is 0 Å². The van der Waals surface area contributed by atoms with Gasteiger partial charge in [-0.1, -0.05) is 5.16 Å². The molecular formula is C13H20N4O2. The number of aryl methyl sites for hydroxylation is 1. The molecule has 2 saturated heterocycles. The van der Waals surface area contributed by atoms with Crippen molar-refractivity contribution < 1.29 is 9.32 Å². The van der Waals surface area contributed by atoms with Crippen molar-refractivity contribution in [2.75, 3.05) is 25.0 Å². The fourth-order valence-corrected chi connectivity index (χ4v) is 2.96. The summed E-state index contributed by atoms with van der Waals surface area (Å²) in [6, 6.07) is 2.92. The maximum absolute atomic E-state index is 11.9. The Kier molecular flexibility index (Phi) is 3.52. The maximum Gasteiger partial charge on any atom is 0.240 e. The number of likely N-dealkylation sites (tertiary alicyclic amines) is 1. The van der Waals surface area contributed by atoms with Crippen LogP contribution in [-0.4, -0.2) is 47.7 Å². The monoisotopic (exact) mass is 264 g/mol. The highest BCUT2D eigenvalue weighted by molar-refractivity contribution is 5.90. The first-order chi connectivity index (χ1) is 9.19. The van der Waals surface area contributed by atoms with Crippen LogP contribution in [0.2, 0.25) is 0 Å². The zero-order valence-electron chi connectivity index (χ0n) is 11.2. The van der Waals surface area contributed by atoms with Crippen LogP contribution in [0.1, 0.15) is 25.0 Å². The van der Waals surface area contributed by atoms with Crippen molar-refractivity contribution in [2.24, 2.45) is 0 Å². The van der Waals surface area contributed by atoms with Gasteiger partial charge in [-0.2, -0.15) is 0 Å². The van der Waals surface area contributed by atoms with Gasteiger partial charge in [-0.3, -0.25) is 15.0 Å². The summed E-state index contributed by atoms with van der Waals surface area (Å²) < 4.78 is 4.99. The van der Waals surface area contributed by atoms with Gasteiger partial charge in [0.05, 0.1) is 12.2 Å². The summed E-state index contributed by atoms with van der Waals surface area (Å²) in [6.45, 7) is 4.19. The fourth-order valence-electron chi connectivity index (χ4n) is 2.96. The van der Waals surface area contributed by atoms with Crippen molar-refractivity contribution in [3.8, 4) is 0 Å². The molecule has 104 valence electrons. The van der Waals surface area contributed by atoms with Crippen LogP contribution >= 0.6 is 0 Å². The SMILES string of the molecule is Cc1cc(NC(=O)CN2CCC3CCC(C2)N3)on1. The highest BCUT2D eigenvalue weighted by atomic mass is 16.5. The van der Waals surface area contributed by atoms with E-state index in [1.807, 2.05) is 6.92 Å². The molecule has 1 aromatic heterocycles. The van der Waals surface area contributed by atoms with Crippen molar-refractivity contribution in [3.63, 3.8) is 0 Å². The molecule has 1 amide bonds. The molecule has 2 bridgehead atoms. The number of nitrogens with one attached hydrogen (secondary N) is 2. The molecule has 3 heterocycles. The Morgan fingerprint density at radius 1 is 1.53 bits per heavy atom. The first kappa shape index (κ1) is 12.6. The molecule has 0 saturated carbocycles. The summed E-state index contributed by atoms with van der Waals surface area (Å²) in [6.07, 6.45) is 3.64. The Labute approximate surface area is 112 Å². The van der Waals surface area contributed by atoms with E-state index in [2.05, 4.69) is 20.7 Å². The van der Waals surface area contributed by atoms with Gasteiger partial charge in [0.25, 0.3) is 0 Å². The number of carbonyl (C=O) groups is 1. The minimum Gasteiger partial charge on any atom is -0.338 e. The standard InChI is InChI=1S/C13H20N4O2/c1-9-6-13(19-16-9)15-12(18)8-17-5-4-10-2-3-11(7-17)14-10/h6,10-11,14H,2-5,7-8H2,1H3,(H,15,18). The third-order valence-corrected chi connectivity index (χ3v) is 3.87. The summed E-state index contributed by atoms with van der Waals surface area (Å²) in [5.41, 5.74) is 0.770. The van der Waals surface area contributed by atoms with E-state index in [0.29, 0.717) is 24.5 Å². The van der Waals surface area contributed by atoms with E-state index in [1.54, 1.807) is 6.07 Å². The van der Waals surface area contributed by atoms with Gasteiger partial charge in [0.15, 0.2) is 0 Å². The molecule has 1 aromatic rings. The van der Waals surface area contributed by atoms with Gasteiger partial charge >= 0.3 is 0 Å². The Morgan fingerprint density at radius 2 is 2.37 bits per heavy atom. The van der Waals surface area contributed by atoms with Gasteiger partial charge in [-0.05, 0) is 26.2 Å². The molecule has 2 N–H and O–H groups in total. The first-order valence-electron chi connectivity index (χ1n) is 6.90. The van der Waals surface area contributed by atoms with Crippen molar-refractivity contribution >= 4 is 11.8 Å². The molecule has 2 aliphatic rings. The molecule has 19 heavy (non-hydrogen) atoms. The average Bonchev–Trinajstić information content (AvgIpc) is 2.89. The van der Waals surface area contributed by atoms with Crippen LogP contribution < -0.4 is 10.6 Å². The number of anilines is 1. The van der Waals surface area contributed by atoms with E-state index < -0.39 is 0 Å². The van der Waals surface area contributed by atoms with Gasteiger partial charge in [0, 0.05) is 31.2 Å². The number of nitrogens with zero attached hydrogens (tertiary/aromatic N) is 2. The lowest BCUT2D eigenvalue weighted by molar-refractivity contribution is -0.117. The topological polar surface area (TPSA) is 70.4 Å². The molecule has 3 rings (SSSR count). The Hall–Kier alpha value is -1.40. The van der Waals surface area contributed by atoms with Gasteiger partial charge in [-0.25, -0.2) is 0 Å². The number of hydrogen-bond donors (Lipinski definition) is 2. The van der Waals surface area contributed by atoms with Crippen LogP contribution in [0.4, 0.5) is 5.88 Å². The van der Waals surface area contributed by atoms with Gasteiger partial charge in [-0.15, -0.1) is 0 Å². The normalized spacial score (nSPS) is 27.2. The third kappa shape index (κ3) is 3.13. The second-order valence-electron chi connectivity index (χ2n) is 5.54. The van der Waals surface area contributed by atoms with Crippen molar-refractivity contribution in [1.29, 1.82) is 0 Å². The molecule has 2 atom stereocenters. The van der Waals surface area contributed by atoms with E-state index in [1.165, 1.54) is 12.8 Å². The number of fused-ring (bicyclic) bond motifs is 2. The summed E-state index contributed by atoms with van der Waals surface area (Å²) in [4.78, 5) is 14.2. The van der Waals surface area contributed by atoms with Gasteiger partial charge in [0.1, 0.15) is 0 Å². The zero-order valence-corrected chi connectivity index (χ0v) is 11.2. The van der Waals surface area contributed by atoms with Crippen LogP contribution in [0.15, 0.2) is 10.6 Å². The third-order valence-electron chi connectivity index (χ3n) is 3.87. The van der Waals surface area contributed by atoms with E-state index in [4.69, 9.17) is 4.52 Å². The molecule has 0 aliphatic carbocycles. The highest BCUT2D eigenvalue weighted by Crippen LogP contribution is 2.20. The lowest BCUT2D eigenvalue weighted by Gasteiger charge is -2.22. The van der Waals surface area contributed by atoms with Crippen molar-refractivity contribution in [1.82, 2.24) is 15.4 Å². The predicted octanol–water partition coefficient (Wildman–Crippen LogP) is 0.748. The Bertz CT molecular complexity index is 459. The maximum atomic E-state index is 11.9. The Morgan fingerprint density at radius 3 is 3.16 bits per heavy atom. The molecule has 0 aromatic carbocycles. The second-order valence-corrected chi connectivity index (χ2v) is 5.54. The lowest BCUT2D eigenvalue weighted by atomic mass is 10.1. The predicted molar refractivity (Wildman–Crippen MR) is 70.9 cm³/mol. The molecule has 0 radical (unpaired) electrons. The molecule has 6 nitrogen and oxygen atoms in total. The van der Waals surface area contributed by atoms with E-state index in [0.717, 1.165) is 25.2 Å². The number of amides is 1. The quantitative estimate of drug-likeness (QED) is 0.843. The number of hydrogen-bond acceptors (Lipinski definition) is 5. The number of aromatic nitrogens is 1.